The molecule has 0 N–H and O–H groups in total. The molecule has 0 unspecified atom stereocenters. The van der Waals surface area contributed by atoms with Crippen molar-refractivity contribution in [2.75, 3.05) is 0 Å². The Kier molecular flexibility index (Phi) is 3.17. The van der Waals surface area contributed by atoms with Gasteiger partial charge in [-0.15, -0.1) is 0 Å². The summed E-state index contributed by atoms with van der Waals surface area (Å²) in [5.74, 6) is -1.78. The van der Waals surface area contributed by atoms with Gasteiger partial charge in [0.1, 0.15) is 11.4 Å². The molecular formula is C14H14ClFO3. The summed E-state index contributed by atoms with van der Waals surface area (Å²) in [6.45, 7) is 5.08. The average molecular weight is 285 g/mol. The van der Waals surface area contributed by atoms with Gasteiger partial charge >= 0.3 is 5.97 Å². The minimum absolute atomic E-state index is 0.0462. The summed E-state index contributed by atoms with van der Waals surface area (Å²) in [5.41, 5.74) is -0.0210. The maximum atomic E-state index is 13.1. The second-order valence-electron chi connectivity index (χ2n) is 5.61. The quantitative estimate of drug-likeness (QED) is 0.452. The molecule has 0 aromatic heterocycles. The number of rotatable bonds is 1. The highest BCUT2D eigenvalue weighted by Gasteiger charge is 2.52. The smallest absolute Gasteiger partial charge is 0.336 e. The van der Waals surface area contributed by atoms with E-state index >= 15 is 0 Å². The molecule has 0 aliphatic heterocycles. The molecule has 0 amide bonds. The van der Waals surface area contributed by atoms with Gasteiger partial charge in [-0.05, 0) is 44.5 Å². The van der Waals surface area contributed by atoms with E-state index in [9.17, 15) is 14.0 Å². The highest BCUT2D eigenvalue weighted by Crippen LogP contribution is 2.37. The van der Waals surface area contributed by atoms with Crippen molar-refractivity contribution in [3.05, 3.63) is 35.1 Å². The van der Waals surface area contributed by atoms with Gasteiger partial charge in [0, 0.05) is 12.0 Å². The fourth-order valence-electron chi connectivity index (χ4n) is 2.01. The fraction of sp³-hybridized carbons (Fsp3) is 0.429. The van der Waals surface area contributed by atoms with Crippen molar-refractivity contribution < 1.29 is 18.7 Å². The van der Waals surface area contributed by atoms with E-state index < -0.39 is 28.0 Å². The lowest BCUT2D eigenvalue weighted by Crippen LogP contribution is -2.43. The van der Waals surface area contributed by atoms with Crippen molar-refractivity contribution in [3.8, 4) is 0 Å². The number of hydrogen-bond acceptors (Lipinski definition) is 3. The molecule has 1 aromatic rings. The van der Waals surface area contributed by atoms with E-state index in [4.69, 9.17) is 16.3 Å². The monoisotopic (exact) mass is 284 g/mol. The third-order valence-corrected chi connectivity index (χ3v) is 3.29. The van der Waals surface area contributed by atoms with Crippen molar-refractivity contribution in [1.82, 2.24) is 0 Å². The van der Waals surface area contributed by atoms with Gasteiger partial charge in [-0.2, -0.15) is 0 Å². The van der Waals surface area contributed by atoms with Gasteiger partial charge in [-0.3, -0.25) is 4.79 Å². The summed E-state index contributed by atoms with van der Waals surface area (Å²) in [4.78, 5) is 22.5. The number of alkyl halides is 1. The molecule has 3 nitrogen and oxygen atoms in total. The molecule has 0 fully saturated rings. The van der Waals surface area contributed by atoms with E-state index in [0.29, 0.717) is 5.56 Å². The van der Waals surface area contributed by atoms with Crippen LogP contribution in [-0.2, 0) is 16.0 Å². The molecule has 0 saturated heterocycles. The summed E-state index contributed by atoms with van der Waals surface area (Å²) in [6.07, 6.45) is -0.0462. The molecule has 0 saturated carbocycles. The first-order chi connectivity index (χ1) is 8.63. The van der Waals surface area contributed by atoms with Crippen molar-refractivity contribution >= 4 is 23.4 Å². The van der Waals surface area contributed by atoms with E-state index in [1.165, 1.54) is 18.2 Å². The normalized spacial score (nSPS) is 22.3. The Balaban J connectivity index is 2.34. The van der Waals surface area contributed by atoms with Crippen LogP contribution < -0.4 is 0 Å². The number of hydrogen-bond donors (Lipinski definition) is 0. The van der Waals surface area contributed by atoms with Gasteiger partial charge in [-0.1, -0.05) is 11.6 Å². The first kappa shape index (κ1) is 14.0. The molecule has 19 heavy (non-hydrogen) atoms. The lowest BCUT2D eigenvalue weighted by molar-refractivity contribution is -0.156. The van der Waals surface area contributed by atoms with Crippen molar-refractivity contribution in [2.24, 2.45) is 0 Å². The molecule has 0 radical (unpaired) electrons. The van der Waals surface area contributed by atoms with E-state index in [1.54, 1.807) is 20.8 Å². The number of benzene rings is 1. The summed E-state index contributed by atoms with van der Waals surface area (Å²) in [7, 11) is 0. The Morgan fingerprint density at radius 3 is 2.63 bits per heavy atom. The standard InChI is InChI=1S/C14H14ClFO3/c1-13(2,3)19-12(18)14(15)7-8-6-9(16)4-5-10(8)11(14)17/h4-6H,7H2,1-3H3/t14-/m1/s1. The van der Waals surface area contributed by atoms with E-state index in [-0.39, 0.29) is 12.0 Å². The van der Waals surface area contributed by atoms with Crippen LogP contribution in [0.1, 0.15) is 36.7 Å². The minimum atomic E-state index is -1.77. The summed E-state index contributed by atoms with van der Waals surface area (Å²) < 4.78 is 18.3. The lowest BCUT2D eigenvalue weighted by atomic mass is 10.0. The highest BCUT2D eigenvalue weighted by atomic mass is 35.5. The van der Waals surface area contributed by atoms with Gasteiger partial charge in [0.15, 0.2) is 5.78 Å². The fourth-order valence-corrected chi connectivity index (χ4v) is 2.29. The van der Waals surface area contributed by atoms with Gasteiger partial charge in [0.25, 0.3) is 0 Å². The number of carbonyl (C=O) groups excluding carboxylic acids is 2. The third-order valence-electron chi connectivity index (χ3n) is 2.83. The largest absolute Gasteiger partial charge is 0.458 e. The highest BCUT2D eigenvalue weighted by molar-refractivity contribution is 6.49. The van der Waals surface area contributed by atoms with Crippen LogP contribution in [0.15, 0.2) is 18.2 Å². The van der Waals surface area contributed by atoms with Crippen LogP contribution in [0, 0.1) is 5.82 Å². The molecule has 1 aromatic carbocycles. The topological polar surface area (TPSA) is 43.4 Å². The van der Waals surface area contributed by atoms with Crippen molar-refractivity contribution in [1.29, 1.82) is 0 Å². The molecule has 0 bridgehead atoms. The number of Topliss-reactive ketones (excluding diaryl/α,β-unsaturated/α-hetero) is 1. The molecule has 5 heteroatoms. The number of esters is 1. The van der Waals surface area contributed by atoms with E-state index in [2.05, 4.69) is 0 Å². The van der Waals surface area contributed by atoms with E-state index in [1.807, 2.05) is 0 Å². The van der Waals surface area contributed by atoms with Gasteiger partial charge in [-0.25, -0.2) is 9.18 Å². The molecule has 2 rings (SSSR count). The zero-order valence-electron chi connectivity index (χ0n) is 10.9. The molecule has 1 atom stereocenters. The molecular weight excluding hydrogens is 271 g/mol. The second kappa shape index (κ2) is 4.30. The summed E-state index contributed by atoms with van der Waals surface area (Å²) in [5, 5.41) is 0. The van der Waals surface area contributed by atoms with Crippen LogP contribution >= 0.6 is 11.6 Å². The van der Waals surface area contributed by atoms with Crippen LogP contribution in [-0.4, -0.2) is 22.2 Å². The Morgan fingerprint density at radius 2 is 2.05 bits per heavy atom. The number of carbonyl (C=O) groups is 2. The van der Waals surface area contributed by atoms with Crippen LogP contribution in [0.5, 0.6) is 0 Å². The maximum Gasteiger partial charge on any atom is 0.336 e. The Hall–Kier alpha value is -1.42. The maximum absolute atomic E-state index is 13.1. The van der Waals surface area contributed by atoms with Gasteiger partial charge in [0.05, 0.1) is 0 Å². The van der Waals surface area contributed by atoms with Crippen LogP contribution in [0.4, 0.5) is 4.39 Å². The first-order valence-corrected chi connectivity index (χ1v) is 6.27. The van der Waals surface area contributed by atoms with E-state index in [0.717, 1.165) is 0 Å². The Bertz CT molecular complexity index is 562. The van der Waals surface area contributed by atoms with Gasteiger partial charge < -0.3 is 4.74 Å². The average Bonchev–Trinajstić information content (AvgIpc) is 2.49. The van der Waals surface area contributed by atoms with Crippen LogP contribution in [0.2, 0.25) is 0 Å². The Morgan fingerprint density at radius 1 is 1.42 bits per heavy atom. The predicted octanol–water partition coefficient (Wildman–Crippen LogP) is 2.88. The van der Waals surface area contributed by atoms with Crippen LogP contribution in [0.3, 0.4) is 0 Å². The van der Waals surface area contributed by atoms with Crippen LogP contribution in [0.25, 0.3) is 0 Å². The SMILES string of the molecule is CC(C)(C)OC(=O)[C@@]1(Cl)Cc2cc(F)ccc2C1=O. The predicted molar refractivity (Wildman–Crippen MR) is 68.9 cm³/mol. The molecule has 1 aliphatic carbocycles. The zero-order chi connectivity index (χ0) is 14.4. The number of ether oxygens (including phenoxy) is 1. The zero-order valence-corrected chi connectivity index (χ0v) is 11.7. The minimum Gasteiger partial charge on any atom is -0.458 e. The van der Waals surface area contributed by atoms with Crippen molar-refractivity contribution in [2.45, 2.75) is 37.7 Å². The third kappa shape index (κ3) is 2.50. The lowest BCUT2D eigenvalue weighted by Gasteiger charge is -2.25. The Labute approximate surface area is 115 Å². The second-order valence-corrected chi connectivity index (χ2v) is 6.26. The number of ketones is 1. The first-order valence-electron chi connectivity index (χ1n) is 5.89. The molecule has 0 spiro atoms. The molecule has 1 aliphatic rings. The molecule has 0 heterocycles. The van der Waals surface area contributed by atoms with Gasteiger partial charge in [0.2, 0.25) is 4.87 Å². The summed E-state index contributed by atoms with van der Waals surface area (Å²) in [6, 6.07) is 3.75. The number of halogens is 2. The van der Waals surface area contributed by atoms with Crippen molar-refractivity contribution in [3.63, 3.8) is 0 Å². The summed E-state index contributed by atoms with van der Waals surface area (Å²) >= 11 is 6.15. The molecule has 102 valence electrons. The number of fused-ring (bicyclic) bond motifs is 1.